The molecule has 0 aromatic heterocycles. The van der Waals surface area contributed by atoms with Gasteiger partial charge >= 0.3 is 0 Å². The van der Waals surface area contributed by atoms with Crippen molar-refractivity contribution < 1.29 is 14.0 Å². The highest BCUT2D eigenvalue weighted by Gasteiger charge is 2.41. The topological polar surface area (TPSA) is 40.6 Å². The van der Waals surface area contributed by atoms with Crippen LogP contribution in [0.15, 0.2) is 54.6 Å². The van der Waals surface area contributed by atoms with E-state index >= 15 is 0 Å². The van der Waals surface area contributed by atoms with Crippen LogP contribution in [0, 0.1) is 11.7 Å². The van der Waals surface area contributed by atoms with Crippen LogP contribution in [0.2, 0.25) is 0 Å². The van der Waals surface area contributed by atoms with Crippen LogP contribution in [0.1, 0.15) is 28.8 Å². The van der Waals surface area contributed by atoms with Crippen LogP contribution in [0.25, 0.3) is 0 Å². The second kappa shape index (κ2) is 7.68. The van der Waals surface area contributed by atoms with E-state index < -0.39 is 5.82 Å². The molecule has 2 aromatic rings. The van der Waals surface area contributed by atoms with Gasteiger partial charge in [-0.2, -0.15) is 0 Å². The van der Waals surface area contributed by atoms with E-state index in [4.69, 9.17) is 0 Å². The van der Waals surface area contributed by atoms with Crippen molar-refractivity contribution in [3.05, 3.63) is 71.5 Å². The molecular formula is C21H23FN2O2. The second-order valence-electron chi connectivity index (χ2n) is 6.67. The van der Waals surface area contributed by atoms with E-state index in [-0.39, 0.29) is 29.2 Å². The number of rotatable bonds is 4. The summed E-state index contributed by atoms with van der Waals surface area (Å²) in [5, 5.41) is 0. The summed E-state index contributed by atoms with van der Waals surface area (Å²) in [6.45, 7) is 3.24. The van der Waals surface area contributed by atoms with E-state index in [0.29, 0.717) is 19.6 Å². The highest BCUT2D eigenvalue weighted by molar-refractivity contribution is 5.95. The zero-order valence-corrected chi connectivity index (χ0v) is 15.1. The molecule has 0 unspecified atom stereocenters. The minimum absolute atomic E-state index is 0.0187. The van der Waals surface area contributed by atoms with Gasteiger partial charge in [-0.15, -0.1) is 0 Å². The van der Waals surface area contributed by atoms with Gasteiger partial charge in [-0.3, -0.25) is 9.59 Å². The second-order valence-corrected chi connectivity index (χ2v) is 6.67. The number of carbonyl (C=O) groups excluding carboxylic acids is 2. The number of carbonyl (C=O) groups is 2. The molecule has 0 N–H and O–H groups in total. The Labute approximate surface area is 153 Å². The molecule has 136 valence electrons. The van der Waals surface area contributed by atoms with Crippen LogP contribution in [0.4, 0.5) is 4.39 Å². The first-order chi connectivity index (χ1) is 12.5. The molecule has 1 saturated heterocycles. The molecule has 0 saturated carbocycles. The van der Waals surface area contributed by atoms with Crippen molar-refractivity contribution in [2.45, 2.75) is 12.8 Å². The Morgan fingerprint density at radius 3 is 2.38 bits per heavy atom. The van der Waals surface area contributed by atoms with Crippen LogP contribution in [0.3, 0.4) is 0 Å². The molecule has 2 aromatic carbocycles. The number of hydrogen-bond donors (Lipinski definition) is 0. The first-order valence-electron chi connectivity index (χ1n) is 8.86. The molecule has 1 aliphatic heterocycles. The molecule has 0 aliphatic carbocycles. The van der Waals surface area contributed by atoms with Gasteiger partial charge in [0.05, 0.1) is 11.5 Å². The monoisotopic (exact) mass is 354 g/mol. The van der Waals surface area contributed by atoms with Crippen molar-refractivity contribution in [1.82, 2.24) is 9.80 Å². The summed E-state index contributed by atoms with van der Waals surface area (Å²) in [7, 11) is 1.77. The maximum atomic E-state index is 14.0. The van der Waals surface area contributed by atoms with Crippen molar-refractivity contribution in [3.63, 3.8) is 0 Å². The first-order valence-corrected chi connectivity index (χ1v) is 8.86. The zero-order chi connectivity index (χ0) is 18.7. The van der Waals surface area contributed by atoms with Gasteiger partial charge < -0.3 is 9.80 Å². The van der Waals surface area contributed by atoms with Crippen molar-refractivity contribution in [2.75, 3.05) is 26.7 Å². The molecule has 2 atom stereocenters. The number of hydrogen-bond acceptors (Lipinski definition) is 2. The van der Waals surface area contributed by atoms with Gasteiger partial charge in [-0.25, -0.2) is 4.39 Å². The van der Waals surface area contributed by atoms with Crippen molar-refractivity contribution in [3.8, 4) is 0 Å². The van der Waals surface area contributed by atoms with E-state index in [1.54, 1.807) is 29.0 Å². The van der Waals surface area contributed by atoms with Gasteiger partial charge in [0.25, 0.3) is 5.91 Å². The van der Waals surface area contributed by atoms with Gasteiger partial charge in [-0.05, 0) is 24.6 Å². The average Bonchev–Trinajstić information content (AvgIpc) is 3.12. The van der Waals surface area contributed by atoms with Crippen molar-refractivity contribution >= 4 is 11.8 Å². The molecule has 4 nitrogen and oxygen atoms in total. The third-order valence-electron chi connectivity index (χ3n) is 5.11. The highest BCUT2D eigenvalue weighted by Crippen LogP contribution is 2.34. The number of likely N-dealkylation sites (tertiary alicyclic amines) is 1. The van der Waals surface area contributed by atoms with Crippen molar-refractivity contribution in [1.29, 1.82) is 0 Å². The number of halogens is 1. The summed E-state index contributed by atoms with van der Waals surface area (Å²) >= 11 is 0. The van der Waals surface area contributed by atoms with Crippen LogP contribution < -0.4 is 0 Å². The average molecular weight is 354 g/mol. The minimum atomic E-state index is -0.533. The summed E-state index contributed by atoms with van der Waals surface area (Å²) in [5.41, 5.74) is 1.08. The predicted molar refractivity (Wildman–Crippen MR) is 98.3 cm³/mol. The summed E-state index contributed by atoms with van der Waals surface area (Å²) in [6, 6.07) is 15.7. The molecule has 0 spiro atoms. The summed E-state index contributed by atoms with van der Waals surface area (Å²) in [5.74, 6) is -1.29. The van der Waals surface area contributed by atoms with E-state index in [1.165, 1.54) is 12.1 Å². The lowest BCUT2D eigenvalue weighted by Crippen LogP contribution is -2.37. The fraction of sp³-hybridized carbons (Fsp3) is 0.333. The molecule has 3 rings (SSSR count). The standard InChI is InChI=1S/C21H23FN2O2/c1-3-23(2)20(25)18-14-24(13-17(18)15-9-5-4-6-10-15)21(26)16-11-7-8-12-19(16)22/h4-12,17-18H,3,13-14H2,1-2H3/t17-,18-/m0/s1. The molecule has 1 fully saturated rings. The van der Waals surface area contributed by atoms with Gasteiger partial charge in [0.15, 0.2) is 0 Å². The quantitative estimate of drug-likeness (QED) is 0.846. The Bertz CT molecular complexity index is 794. The third-order valence-corrected chi connectivity index (χ3v) is 5.11. The molecule has 5 heteroatoms. The van der Waals surface area contributed by atoms with Gasteiger partial charge in [0.2, 0.25) is 5.91 Å². The third kappa shape index (κ3) is 3.47. The van der Waals surface area contributed by atoms with Crippen LogP contribution in [-0.4, -0.2) is 48.3 Å². The molecule has 1 aliphatic rings. The smallest absolute Gasteiger partial charge is 0.256 e. The van der Waals surface area contributed by atoms with E-state index in [0.717, 1.165) is 5.56 Å². The Hall–Kier alpha value is -2.69. The normalized spacial score (nSPS) is 19.4. The lowest BCUT2D eigenvalue weighted by molar-refractivity contribution is -0.133. The summed E-state index contributed by atoms with van der Waals surface area (Å²) in [6.07, 6.45) is 0. The SMILES string of the molecule is CCN(C)C(=O)[C@H]1CN(C(=O)c2ccccc2F)C[C@H]1c1ccccc1. The Morgan fingerprint density at radius 1 is 1.08 bits per heavy atom. The van der Waals surface area contributed by atoms with E-state index in [9.17, 15) is 14.0 Å². The Morgan fingerprint density at radius 2 is 1.73 bits per heavy atom. The van der Waals surface area contributed by atoms with Gasteiger partial charge in [-0.1, -0.05) is 42.5 Å². The molecule has 26 heavy (non-hydrogen) atoms. The van der Waals surface area contributed by atoms with Crippen LogP contribution in [-0.2, 0) is 4.79 Å². The minimum Gasteiger partial charge on any atom is -0.346 e. The van der Waals surface area contributed by atoms with Crippen molar-refractivity contribution in [2.24, 2.45) is 5.92 Å². The molecular weight excluding hydrogens is 331 g/mol. The maximum absolute atomic E-state index is 14.0. The molecule has 0 radical (unpaired) electrons. The van der Waals surface area contributed by atoms with E-state index in [2.05, 4.69) is 0 Å². The lowest BCUT2D eigenvalue weighted by Gasteiger charge is -2.23. The van der Waals surface area contributed by atoms with E-state index in [1.807, 2.05) is 37.3 Å². The molecule has 0 bridgehead atoms. The van der Waals surface area contributed by atoms with Crippen LogP contribution >= 0.6 is 0 Å². The maximum Gasteiger partial charge on any atom is 0.256 e. The zero-order valence-electron chi connectivity index (χ0n) is 15.1. The highest BCUT2D eigenvalue weighted by atomic mass is 19.1. The van der Waals surface area contributed by atoms with Gasteiger partial charge in [0, 0.05) is 32.6 Å². The molecule has 1 heterocycles. The predicted octanol–water partition coefficient (Wildman–Crippen LogP) is 3.16. The first kappa shape index (κ1) is 18.1. The Kier molecular flexibility index (Phi) is 5.35. The number of nitrogens with zero attached hydrogens (tertiary/aromatic N) is 2. The lowest BCUT2D eigenvalue weighted by atomic mass is 9.88. The number of benzene rings is 2. The fourth-order valence-corrected chi connectivity index (χ4v) is 3.50. The summed E-state index contributed by atoms with van der Waals surface area (Å²) < 4.78 is 14.0. The van der Waals surface area contributed by atoms with Crippen LogP contribution in [0.5, 0.6) is 0 Å². The van der Waals surface area contributed by atoms with Gasteiger partial charge in [0.1, 0.15) is 5.82 Å². The largest absolute Gasteiger partial charge is 0.346 e. The fourth-order valence-electron chi connectivity index (χ4n) is 3.50. The summed E-state index contributed by atoms with van der Waals surface area (Å²) in [4.78, 5) is 28.9. The number of amides is 2. The molecule has 2 amide bonds. The Balaban J connectivity index is 1.90.